The van der Waals surface area contributed by atoms with Crippen LogP contribution >= 0.6 is 0 Å². The summed E-state index contributed by atoms with van der Waals surface area (Å²) in [6, 6.07) is 6.05. The maximum absolute atomic E-state index is 13.4. The van der Waals surface area contributed by atoms with Crippen LogP contribution in [0.1, 0.15) is 121 Å². The molecule has 20 heteroatoms. The van der Waals surface area contributed by atoms with Crippen molar-refractivity contribution in [1.29, 1.82) is 10.5 Å². The number of rotatable bonds is 10. The summed E-state index contributed by atoms with van der Waals surface area (Å²) in [6.45, 7) is 14.9. The van der Waals surface area contributed by atoms with E-state index < -0.39 is 35.7 Å². The van der Waals surface area contributed by atoms with Crippen molar-refractivity contribution in [2.75, 3.05) is 61.8 Å². The molecule has 2 amide bonds. The Bertz CT molecular complexity index is 3250. The predicted octanol–water partition coefficient (Wildman–Crippen LogP) is 6.16. The van der Waals surface area contributed by atoms with E-state index in [1.54, 1.807) is 14.2 Å². The summed E-state index contributed by atoms with van der Waals surface area (Å²) in [6.07, 6.45) is 2.02. The number of aromatic hydroxyl groups is 1. The van der Waals surface area contributed by atoms with Crippen LogP contribution in [0.25, 0.3) is 0 Å². The van der Waals surface area contributed by atoms with Crippen molar-refractivity contribution in [3.8, 4) is 40.9 Å². The van der Waals surface area contributed by atoms with Gasteiger partial charge in [0.05, 0.1) is 36.3 Å². The van der Waals surface area contributed by atoms with Gasteiger partial charge in [0, 0.05) is 110 Å². The molecule has 11 rings (SSSR count). The molecule has 3 aromatic carbocycles. The number of phenolic OH excluding ortho intramolecular Hbond substituents is 1. The van der Waals surface area contributed by atoms with E-state index in [-0.39, 0.29) is 125 Å². The molecule has 4 bridgehead atoms. The maximum Gasteiger partial charge on any atom is 0.232 e. The van der Waals surface area contributed by atoms with Gasteiger partial charge in [0.2, 0.25) is 30.2 Å². The van der Waals surface area contributed by atoms with Gasteiger partial charge in [0.1, 0.15) is 35.1 Å². The number of carbonyl (C=O) groups excluding carboxylic acids is 4. The van der Waals surface area contributed by atoms with Crippen LogP contribution in [0.4, 0.5) is 0 Å². The number of nitriles is 2. The lowest BCUT2D eigenvalue weighted by molar-refractivity contribution is -0.134. The molecule has 1 aliphatic carbocycles. The Balaban J connectivity index is 0.000000207. The number of aryl methyl sites for hydroxylation is 2. The largest absolute Gasteiger partial charge is 0.507 e. The zero-order chi connectivity index (χ0) is 56.8. The SMILES string of the molecule is C.C.COCOc1c(C)c(C)cc2c1C1C3CC4=C(C(=O)C(=O)C(C)=C4O)[C@H](CNC(C)=O)N3[C@@H](C#N)[C@H](C2)N1C.COCOc1c(C)c(C)cc2c1C1C3Cc4c(O)c(C)c5c(c4[C@H](CNC(C)=O)N3[C@@H](C#N)[C@H](C2)N1C)OCO5. The number of methoxy groups -OCH3 is 2. The van der Waals surface area contributed by atoms with Crippen molar-refractivity contribution in [2.45, 2.75) is 156 Å². The highest BCUT2D eigenvalue weighted by atomic mass is 16.7. The first-order chi connectivity index (χ1) is 37.7. The first-order valence-electron chi connectivity index (χ1n) is 26.8. The number of amides is 2. The molecular weight excluding hydrogens is 1040 g/mol. The number of phenols is 1. The van der Waals surface area contributed by atoms with Gasteiger partial charge in [-0.05, 0) is 115 Å². The van der Waals surface area contributed by atoms with Gasteiger partial charge in [-0.1, -0.05) is 27.0 Å². The highest BCUT2D eigenvalue weighted by Crippen LogP contribution is 2.58. The topological polar surface area (TPSA) is 249 Å². The number of aliphatic hydroxyl groups is 1. The highest BCUT2D eigenvalue weighted by molar-refractivity contribution is 6.50. The molecule has 0 radical (unpaired) electrons. The number of ketones is 2. The van der Waals surface area contributed by atoms with Gasteiger partial charge in [0.15, 0.2) is 25.1 Å². The fourth-order valence-electron chi connectivity index (χ4n) is 14.4. The van der Waals surface area contributed by atoms with Crippen molar-refractivity contribution in [2.24, 2.45) is 0 Å². The minimum Gasteiger partial charge on any atom is -0.507 e. The van der Waals surface area contributed by atoms with Crippen LogP contribution in [0, 0.1) is 57.3 Å². The van der Waals surface area contributed by atoms with Crippen LogP contribution in [0.3, 0.4) is 0 Å². The second-order valence-electron chi connectivity index (χ2n) is 22.3. The lowest BCUT2D eigenvalue weighted by Gasteiger charge is -2.60. The molecule has 2 fully saturated rings. The average molecular weight is 1120 g/mol. The third-order valence-electron chi connectivity index (χ3n) is 18.2. The quantitative estimate of drug-likeness (QED) is 0.101. The average Bonchev–Trinajstić information content (AvgIpc) is 3.74. The van der Waals surface area contributed by atoms with Crippen LogP contribution in [0.5, 0.6) is 28.7 Å². The van der Waals surface area contributed by atoms with E-state index in [2.05, 4.69) is 70.5 Å². The molecule has 0 aromatic heterocycles. The van der Waals surface area contributed by atoms with Gasteiger partial charge in [-0.3, -0.25) is 38.8 Å². The first kappa shape index (κ1) is 60.1. The molecule has 2 saturated heterocycles. The van der Waals surface area contributed by atoms with Crippen LogP contribution in [-0.2, 0) is 47.9 Å². The molecule has 81 heavy (non-hydrogen) atoms. The predicted molar refractivity (Wildman–Crippen MR) is 300 cm³/mol. The minimum absolute atomic E-state index is 0. The summed E-state index contributed by atoms with van der Waals surface area (Å²) in [5.41, 5.74) is 11.5. The van der Waals surface area contributed by atoms with E-state index in [1.165, 1.54) is 26.3 Å². The van der Waals surface area contributed by atoms with Gasteiger partial charge in [-0.15, -0.1) is 0 Å². The smallest absolute Gasteiger partial charge is 0.232 e. The van der Waals surface area contributed by atoms with Gasteiger partial charge in [0.25, 0.3) is 0 Å². The van der Waals surface area contributed by atoms with Crippen molar-refractivity contribution < 1.29 is 57.8 Å². The summed E-state index contributed by atoms with van der Waals surface area (Å²) in [4.78, 5) is 59.1. The number of nitrogens with one attached hydrogen (secondary N) is 2. The molecule has 8 aliphatic rings. The minimum atomic E-state index is -0.757. The summed E-state index contributed by atoms with van der Waals surface area (Å²) in [5.74, 6) is 0.761. The van der Waals surface area contributed by atoms with Crippen molar-refractivity contribution in [3.63, 3.8) is 0 Å². The number of ether oxygens (including phenoxy) is 6. The van der Waals surface area contributed by atoms with Crippen LogP contribution in [0.2, 0.25) is 0 Å². The van der Waals surface area contributed by atoms with E-state index in [0.717, 1.165) is 61.6 Å². The highest BCUT2D eigenvalue weighted by Gasteiger charge is 2.59. The Morgan fingerprint density at radius 3 is 1.62 bits per heavy atom. The number of fused-ring (bicyclic) bond motifs is 15. The molecule has 4 unspecified atom stereocenters. The number of Topliss-reactive ketones (excluding diaryl/α,β-unsaturated/α-hetero) is 2. The Labute approximate surface area is 475 Å². The molecular formula is C61H78N8O12. The van der Waals surface area contributed by atoms with E-state index in [1.807, 2.05) is 32.7 Å². The number of likely N-dealkylation sites (N-methyl/N-ethyl adjacent to an activating group) is 2. The number of aliphatic hydroxyl groups excluding tert-OH is 1. The van der Waals surface area contributed by atoms with Crippen molar-refractivity contribution >= 4 is 23.4 Å². The molecule has 4 N–H and O–H groups in total. The molecule has 434 valence electrons. The normalized spacial score (nSPS) is 26.7. The summed E-state index contributed by atoms with van der Waals surface area (Å²) in [7, 11) is 7.26. The van der Waals surface area contributed by atoms with Gasteiger partial charge < -0.3 is 49.3 Å². The fourth-order valence-corrected chi connectivity index (χ4v) is 14.4. The number of hydrogen-bond acceptors (Lipinski definition) is 18. The molecule has 10 atom stereocenters. The fraction of sp³-hybridized carbons (Fsp3) is 0.541. The summed E-state index contributed by atoms with van der Waals surface area (Å²) in [5, 5.41) is 49.6. The second kappa shape index (κ2) is 23.1. The van der Waals surface area contributed by atoms with Gasteiger partial charge >= 0.3 is 0 Å². The second-order valence-corrected chi connectivity index (χ2v) is 22.3. The molecule has 20 nitrogen and oxygen atoms in total. The number of benzene rings is 3. The van der Waals surface area contributed by atoms with Crippen LogP contribution in [-0.4, -0.2) is 157 Å². The number of nitrogens with zero attached hydrogens (tertiary/aromatic N) is 6. The van der Waals surface area contributed by atoms with E-state index >= 15 is 0 Å². The lowest BCUT2D eigenvalue weighted by Crippen LogP contribution is -2.71. The summed E-state index contributed by atoms with van der Waals surface area (Å²) < 4.78 is 34.7. The van der Waals surface area contributed by atoms with Crippen LogP contribution in [0.15, 0.2) is 34.6 Å². The standard InChI is InChI=1S/C30H36N4O6.C29H34N4O6.2CH4/c1-14-7-18-8-20-22(10-31)34-21(26(33(20)5)24(18)28(15(14)2)38-12-37-6)9-19-25(23(34)11-32-17(4)35)30-29(39-13-40-30)16(3)27(19)36;1-13-7-17-8-19-21(10-30)33-20(25(32(19)5)23(17)29(14(13)2)39-12-38-6)9-18-24(22(33)11-31-16(4)34)28(37)27(36)15(3)26(18)35;;/h7,20-23,26,36H,8-9,11-13H2,1-6H3,(H,32,35);7,19-22,25,35H,8-9,11-12H2,1-6H3,(H,31,34);2*1H4/t20-,21?,22-,23-,26?;19-,20?,21-,22-,25?;;/m00../s1. The number of carbonyl (C=O) groups is 4. The molecule has 7 aliphatic heterocycles. The van der Waals surface area contributed by atoms with Gasteiger partial charge in [-0.2, -0.15) is 10.5 Å². The number of hydrogen-bond donors (Lipinski definition) is 4. The molecule has 0 saturated carbocycles. The Hall–Kier alpha value is -7.04. The van der Waals surface area contributed by atoms with E-state index in [4.69, 9.17) is 28.4 Å². The molecule has 3 aromatic rings. The first-order valence-corrected chi connectivity index (χ1v) is 26.8. The molecule has 7 heterocycles. The van der Waals surface area contributed by atoms with Crippen LogP contribution < -0.4 is 29.6 Å². The van der Waals surface area contributed by atoms with Gasteiger partial charge in [-0.25, -0.2) is 0 Å². The Morgan fingerprint density at radius 2 is 1.14 bits per heavy atom. The number of piperazine rings is 2. The van der Waals surface area contributed by atoms with Crippen molar-refractivity contribution in [1.82, 2.24) is 30.2 Å². The van der Waals surface area contributed by atoms with Crippen molar-refractivity contribution in [3.05, 3.63) is 95.8 Å². The molecule has 0 spiro atoms. The zero-order valence-corrected chi connectivity index (χ0v) is 47.0. The number of allylic oxidation sites excluding steroid dienone is 2. The monoisotopic (exact) mass is 1110 g/mol. The Kier molecular flexibility index (Phi) is 17.1. The lowest BCUT2D eigenvalue weighted by atomic mass is 9.69. The third kappa shape index (κ3) is 9.47. The van der Waals surface area contributed by atoms with E-state index in [0.29, 0.717) is 41.9 Å². The Morgan fingerprint density at radius 1 is 0.667 bits per heavy atom. The summed E-state index contributed by atoms with van der Waals surface area (Å²) >= 11 is 0. The third-order valence-corrected chi connectivity index (χ3v) is 18.2. The van der Waals surface area contributed by atoms with E-state index in [9.17, 15) is 39.9 Å². The maximum atomic E-state index is 13.4. The zero-order valence-electron chi connectivity index (χ0n) is 47.0.